The van der Waals surface area contributed by atoms with Crippen LogP contribution in [0.1, 0.15) is 17.7 Å². The van der Waals surface area contributed by atoms with Gasteiger partial charge in [-0.2, -0.15) is 0 Å². The number of rotatable bonds is 8. The number of nitrogens with zero attached hydrogens (tertiary/aromatic N) is 3. The normalized spacial score (nSPS) is 10.9. The Labute approximate surface area is 186 Å². The maximum Gasteiger partial charge on any atom is 0.331 e. The van der Waals surface area contributed by atoms with Crippen molar-refractivity contribution in [3.8, 4) is 0 Å². The molecule has 1 amide bonds. The lowest BCUT2D eigenvalue weighted by atomic mass is 10.2. The second-order valence-electron chi connectivity index (χ2n) is 7.37. The first-order valence-electron chi connectivity index (χ1n) is 10.2. The Balaban J connectivity index is 1.61. The molecule has 4 rings (SSSR count). The van der Waals surface area contributed by atoms with E-state index in [9.17, 15) is 24.5 Å². The first-order chi connectivity index (χ1) is 15.9. The van der Waals surface area contributed by atoms with Gasteiger partial charge < -0.3 is 9.73 Å². The van der Waals surface area contributed by atoms with Crippen LogP contribution in [0, 0.1) is 10.1 Å². The Morgan fingerprint density at radius 1 is 1.00 bits per heavy atom. The fourth-order valence-corrected chi connectivity index (χ4v) is 3.53. The number of carbonyl (C=O) groups is 1. The molecule has 2 aromatic carbocycles. The standard InChI is InChI=1S/C23H20N4O6/c28-21(24-14-18-4-3-13-33-18)11-12-25-22(29)19-5-1-2-6-20(19)26(23(25)30)15-16-7-9-17(10-8-16)27(31)32/h1-10,13H,11-12,14-15H2,(H,24,28). The first-order valence-corrected chi connectivity index (χ1v) is 10.2. The highest BCUT2D eigenvalue weighted by Crippen LogP contribution is 2.14. The number of amides is 1. The van der Waals surface area contributed by atoms with Gasteiger partial charge in [0.05, 0.1) is 35.2 Å². The highest BCUT2D eigenvalue weighted by molar-refractivity contribution is 5.78. The van der Waals surface area contributed by atoms with Crippen LogP contribution in [0.2, 0.25) is 0 Å². The summed E-state index contributed by atoms with van der Waals surface area (Å²) in [6, 6.07) is 16.0. The Bertz CT molecular complexity index is 1420. The van der Waals surface area contributed by atoms with E-state index in [0.717, 1.165) is 4.57 Å². The molecule has 0 bridgehead atoms. The molecule has 0 saturated carbocycles. The number of fused-ring (bicyclic) bond motifs is 1. The predicted molar refractivity (Wildman–Crippen MR) is 120 cm³/mol. The average molecular weight is 448 g/mol. The number of benzene rings is 2. The molecule has 0 radical (unpaired) electrons. The molecule has 0 aliphatic rings. The van der Waals surface area contributed by atoms with Gasteiger partial charge in [0.2, 0.25) is 5.91 Å². The van der Waals surface area contributed by atoms with E-state index in [2.05, 4.69) is 5.32 Å². The molecule has 0 unspecified atom stereocenters. The van der Waals surface area contributed by atoms with Crippen molar-refractivity contribution in [3.63, 3.8) is 0 Å². The molecule has 0 aliphatic heterocycles. The lowest BCUT2D eigenvalue weighted by molar-refractivity contribution is -0.384. The van der Waals surface area contributed by atoms with Gasteiger partial charge in [0.25, 0.3) is 11.2 Å². The zero-order valence-corrected chi connectivity index (χ0v) is 17.5. The molecule has 1 N–H and O–H groups in total. The summed E-state index contributed by atoms with van der Waals surface area (Å²) in [6.07, 6.45) is 1.44. The molecule has 0 fully saturated rings. The molecular formula is C23H20N4O6. The molecule has 33 heavy (non-hydrogen) atoms. The Hall–Kier alpha value is -4.47. The number of non-ortho nitro benzene ring substituents is 1. The third-order valence-corrected chi connectivity index (χ3v) is 5.22. The van der Waals surface area contributed by atoms with Gasteiger partial charge in [-0.1, -0.05) is 24.3 Å². The van der Waals surface area contributed by atoms with Gasteiger partial charge in [-0.05, 0) is 29.8 Å². The summed E-state index contributed by atoms with van der Waals surface area (Å²) in [4.78, 5) is 48.8. The number of nitro groups is 1. The highest BCUT2D eigenvalue weighted by Gasteiger charge is 2.15. The van der Waals surface area contributed by atoms with Crippen molar-refractivity contribution in [2.45, 2.75) is 26.1 Å². The number of carbonyl (C=O) groups excluding carboxylic acids is 1. The van der Waals surface area contributed by atoms with Crippen molar-refractivity contribution in [1.82, 2.24) is 14.5 Å². The van der Waals surface area contributed by atoms with Gasteiger partial charge in [0.1, 0.15) is 5.76 Å². The van der Waals surface area contributed by atoms with Crippen molar-refractivity contribution >= 4 is 22.5 Å². The van der Waals surface area contributed by atoms with Crippen LogP contribution in [0.15, 0.2) is 80.9 Å². The summed E-state index contributed by atoms with van der Waals surface area (Å²) in [6.45, 7) is 0.234. The van der Waals surface area contributed by atoms with Crippen molar-refractivity contribution in [3.05, 3.63) is 109 Å². The van der Waals surface area contributed by atoms with Gasteiger partial charge >= 0.3 is 5.69 Å². The molecule has 0 saturated heterocycles. The molecule has 4 aromatic rings. The summed E-state index contributed by atoms with van der Waals surface area (Å²) in [5.74, 6) is 0.268. The van der Waals surface area contributed by atoms with Gasteiger partial charge in [-0.3, -0.25) is 28.8 Å². The number of hydrogen-bond acceptors (Lipinski definition) is 6. The topological polar surface area (TPSA) is 129 Å². The second kappa shape index (κ2) is 9.35. The van der Waals surface area contributed by atoms with Crippen LogP contribution in [0.3, 0.4) is 0 Å². The van der Waals surface area contributed by atoms with Crippen LogP contribution >= 0.6 is 0 Å². The van der Waals surface area contributed by atoms with Crippen molar-refractivity contribution in [2.75, 3.05) is 0 Å². The van der Waals surface area contributed by atoms with Crippen LogP contribution in [0.25, 0.3) is 10.9 Å². The Morgan fingerprint density at radius 3 is 2.45 bits per heavy atom. The smallest absolute Gasteiger partial charge is 0.331 e. The first kappa shape index (κ1) is 21.8. The molecule has 2 aromatic heterocycles. The molecule has 0 spiro atoms. The summed E-state index contributed by atoms with van der Waals surface area (Å²) in [5.41, 5.74) is 0.0189. The van der Waals surface area contributed by atoms with Crippen molar-refractivity contribution < 1.29 is 14.1 Å². The SMILES string of the molecule is O=C(CCn1c(=O)c2ccccc2n(Cc2ccc([N+](=O)[O-])cc2)c1=O)NCc1ccco1. The number of para-hydroxylation sites is 1. The van der Waals surface area contributed by atoms with E-state index in [1.165, 1.54) is 23.0 Å². The molecule has 2 heterocycles. The molecule has 10 nitrogen and oxygen atoms in total. The zero-order chi connectivity index (χ0) is 23.4. The maximum absolute atomic E-state index is 13.2. The third kappa shape index (κ3) is 4.74. The Kier molecular flexibility index (Phi) is 6.16. The molecular weight excluding hydrogens is 428 g/mol. The molecule has 10 heteroatoms. The molecule has 0 atom stereocenters. The van der Waals surface area contributed by atoms with Crippen LogP contribution in [-0.2, 0) is 24.4 Å². The molecule has 168 valence electrons. The predicted octanol–water partition coefficient (Wildman–Crippen LogP) is 2.42. The van der Waals surface area contributed by atoms with Crippen molar-refractivity contribution in [2.24, 2.45) is 0 Å². The minimum Gasteiger partial charge on any atom is -0.467 e. The van der Waals surface area contributed by atoms with E-state index in [0.29, 0.717) is 22.2 Å². The largest absolute Gasteiger partial charge is 0.467 e. The van der Waals surface area contributed by atoms with Crippen LogP contribution in [0.5, 0.6) is 0 Å². The van der Waals surface area contributed by atoms with E-state index >= 15 is 0 Å². The summed E-state index contributed by atoms with van der Waals surface area (Å²) < 4.78 is 7.64. The zero-order valence-electron chi connectivity index (χ0n) is 17.5. The monoisotopic (exact) mass is 448 g/mol. The Morgan fingerprint density at radius 2 is 1.76 bits per heavy atom. The minimum atomic E-state index is -0.559. The lowest BCUT2D eigenvalue weighted by Gasteiger charge is -2.14. The number of nitro benzene ring substituents is 1. The van der Waals surface area contributed by atoms with E-state index in [1.54, 1.807) is 48.5 Å². The third-order valence-electron chi connectivity index (χ3n) is 5.22. The summed E-state index contributed by atoms with van der Waals surface area (Å²) in [7, 11) is 0. The summed E-state index contributed by atoms with van der Waals surface area (Å²) in [5, 5.41) is 13.9. The van der Waals surface area contributed by atoms with Gasteiger partial charge in [-0.25, -0.2) is 4.79 Å². The maximum atomic E-state index is 13.2. The van der Waals surface area contributed by atoms with Gasteiger partial charge in [0.15, 0.2) is 0 Å². The van der Waals surface area contributed by atoms with E-state index < -0.39 is 16.2 Å². The quantitative estimate of drug-likeness (QED) is 0.326. The van der Waals surface area contributed by atoms with Crippen LogP contribution in [0.4, 0.5) is 5.69 Å². The number of aromatic nitrogens is 2. The number of hydrogen-bond donors (Lipinski definition) is 1. The number of nitrogens with one attached hydrogen (secondary N) is 1. The lowest BCUT2D eigenvalue weighted by Crippen LogP contribution is -2.41. The van der Waals surface area contributed by atoms with Crippen molar-refractivity contribution in [1.29, 1.82) is 0 Å². The number of furan rings is 1. The second-order valence-corrected chi connectivity index (χ2v) is 7.37. The molecule has 0 aliphatic carbocycles. The van der Waals surface area contributed by atoms with E-state index in [-0.39, 0.29) is 37.6 Å². The van der Waals surface area contributed by atoms with Gasteiger partial charge in [-0.15, -0.1) is 0 Å². The fraction of sp³-hybridized carbons (Fsp3) is 0.174. The summed E-state index contributed by atoms with van der Waals surface area (Å²) >= 11 is 0. The highest BCUT2D eigenvalue weighted by atomic mass is 16.6. The minimum absolute atomic E-state index is 0.0542. The van der Waals surface area contributed by atoms with Crippen LogP contribution < -0.4 is 16.6 Å². The van der Waals surface area contributed by atoms with E-state index in [1.807, 2.05) is 0 Å². The van der Waals surface area contributed by atoms with E-state index in [4.69, 9.17) is 4.42 Å². The fourth-order valence-electron chi connectivity index (χ4n) is 3.53. The van der Waals surface area contributed by atoms with Crippen LogP contribution in [-0.4, -0.2) is 20.0 Å². The van der Waals surface area contributed by atoms with Gasteiger partial charge in [0, 0.05) is 25.1 Å². The average Bonchev–Trinajstić information content (AvgIpc) is 3.34.